The van der Waals surface area contributed by atoms with Crippen LogP contribution in [0.25, 0.3) is 22.0 Å². The van der Waals surface area contributed by atoms with Crippen LogP contribution in [0.15, 0.2) is 36.4 Å². The van der Waals surface area contributed by atoms with Gasteiger partial charge in [0.25, 0.3) is 0 Å². The Morgan fingerprint density at radius 2 is 1.76 bits per heavy atom. The van der Waals surface area contributed by atoms with Gasteiger partial charge in [0.15, 0.2) is 0 Å². The number of nitrogens with two attached hydrogens (primary N) is 1. The molecule has 0 aliphatic rings. The van der Waals surface area contributed by atoms with E-state index in [-0.39, 0.29) is 27.1 Å². The van der Waals surface area contributed by atoms with Crippen LogP contribution in [0.2, 0.25) is 0 Å². The van der Waals surface area contributed by atoms with Crippen LogP contribution in [0.5, 0.6) is 5.75 Å². The number of ether oxygens (including phenoxy) is 1. The van der Waals surface area contributed by atoms with Crippen molar-refractivity contribution in [2.24, 2.45) is 5.73 Å². The lowest BCUT2D eigenvalue weighted by atomic mass is 9.85. The van der Waals surface area contributed by atoms with Crippen LogP contribution in [0.3, 0.4) is 0 Å². The van der Waals surface area contributed by atoms with E-state index < -0.39 is 5.95 Å². The fourth-order valence-electron chi connectivity index (χ4n) is 3.19. The van der Waals surface area contributed by atoms with Gasteiger partial charge in [-0.25, -0.2) is 0 Å². The number of halogens is 2. The van der Waals surface area contributed by atoms with Crippen LogP contribution in [-0.2, 0) is 5.54 Å². The third kappa shape index (κ3) is 2.76. The van der Waals surface area contributed by atoms with Crippen molar-refractivity contribution in [1.82, 2.24) is 10.0 Å². The lowest BCUT2D eigenvalue weighted by Gasteiger charge is -2.27. The summed E-state index contributed by atoms with van der Waals surface area (Å²) in [5.74, 6) is -0.637. The molecular formula is C19H21F2N3O. The zero-order valence-electron chi connectivity index (χ0n) is 14.5. The Morgan fingerprint density at radius 3 is 2.32 bits per heavy atom. The van der Waals surface area contributed by atoms with Gasteiger partial charge in [-0.15, -0.1) is 5.10 Å². The lowest BCUT2D eigenvalue weighted by molar-refractivity contribution is 0.317. The molecule has 0 fully saturated rings. The van der Waals surface area contributed by atoms with Crippen molar-refractivity contribution in [2.75, 3.05) is 7.11 Å². The average Bonchev–Trinajstić information content (AvgIpc) is 2.94. The molecule has 3 rings (SSSR count). The summed E-state index contributed by atoms with van der Waals surface area (Å²) in [7, 11) is 1.43. The maximum absolute atomic E-state index is 14.0. The number of aromatic nitrogens is 2. The third-order valence-corrected chi connectivity index (χ3v) is 4.95. The minimum absolute atomic E-state index is 0.0192. The SMILES string of the molecule is CCC(N)(CC)c1ccc(-c2ccc3c(c(F)nn3F)c2OC)cc1. The number of nitrogens with zero attached hydrogens (tertiary/aromatic N) is 2. The second kappa shape index (κ2) is 6.44. The number of hydrogen-bond donors (Lipinski definition) is 1. The van der Waals surface area contributed by atoms with E-state index in [0.29, 0.717) is 5.56 Å². The zero-order valence-corrected chi connectivity index (χ0v) is 14.5. The Morgan fingerprint density at radius 1 is 1.12 bits per heavy atom. The summed E-state index contributed by atoms with van der Waals surface area (Å²) in [6.45, 7) is 4.12. The predicted octanol–water partition coefficient (Wildman–Crippen LogP) is 4.56. The highest BCUT2D eigenvalue weighted by molar-refractivity contribution is 5.93. The maximum Gasteiger partial charge on any atom is 0.247 e. The van der Waals surface area contributed by atoms with Crippen LogP contribution in [0.4, 0.5) is 8.87 Å². The van der Waals surface area contributed by atoms with Crippen molar-refractivity contribution in [3.8, 4) is 16.9 Å². The Labute approximate surface area is 145 Å². The van der Waals surface area contributed by atoms with Crippen LogP contribution >= 0.6 is 0 Å². The molecule has 2 N–H and O–H groups in total. The quantitative estimate of drug-likeness (QED) is 0.738. The molecule has 0 atom stereocenters. The topological polar surface area (TPSA) is 53.1 Å². The van der Waals surface area contributed by atoms with E-state index in [9.17, 15) is 8.87 Å². The Kier molecular flexibility index (Phi) is 4.47. The molecule has 0 saturated heterocycles. The fraction of sp³-hybridized carbons (Fsp3) is 0.316. The second-order valence-corrected chi connectivity index (χ2v) is 6.13. The highest BCUT2D eigenvalue weighted by atomic mass is 19.2. The van der Waals surface area contributed by atoms with Crippen LogP contribution in [0.1, 0.15) is 32.3 Å². The van der Waals surface area contributed by atoms with Crippen molar-refractivity contribution >= 4 is 10.9 Å². The Balaban J connectivity index is 2.12. The number of hydrogen-bond acceptors (Lipinski definition) is 3. The summed E-state index contributed by atoms with van der Waals surface area (Å²) in [4.78, 5) is 0.0192. The first-order chi connectivity index (χ1) is 11.9. The van der Waals surface area contributed by atoms with Crippen molar-refractivity contribution in [1.29, 1.82) is 0 Å². The molecule has 0 spiro atoms. The monoisotopic (exact) mass is 345 g/mol. The molecule has 0 aliphatic carbocycles. The number of methoxy groups -OCH3 is 1. The first-order valence-electron chi connectivity index (χ1n) is 8.26. The van der Waals surface area contributed by atoms with Crippen molar-refractivity contribution in [3.63, 3.8) is 0 Å². The van der Waals surface area contributed by atoms with E-state index in [1.54, 1.807) is 6.07 Å². The first kappa shape index (κ1) is 17.4. The number of fused-ring (bicyclic) bond motifs is 1. The molecule has 25 heavy (non-hydrogen) atoms. The van der Waals surface area contributed by atoms with Crippen LogP contribution < -0.4 is 10.5 Å². The van der Waals surface area contributed by atoms with E-state index in [4.69, 9.17) is 10.5 Å². The standard InChI is InChI=1S/C19H21F2N3O/c1-4-19(22,5-2)13-8-6-12(7-9-13)14-10-11-15-16(17(14)25-3)18(20)23-24(15)21/h6-11H,4-5,22H2,1-3H3. The lowest BCUT2D eigenvalue weighted by Crippen LogP contribution is -2.34. The van der Waals surface area contributed by atoms with E-state index >= 15 is 0 Å². The minimum Gasteiger partial charge on any atom is -0.495 e. The van der Waals surface area contributed by atoms with Gasteiger partial charge in [-0.05, 0) is 36.1 Å². The zero-order chi connectivity index (χ0) is 18.2. The van der Waals surface area contributed by atoms with Crippen molar-refractivity contribution in [3.05, 3.63) is 47.9 Å². The molecule has 1 aromatic heterocycles. The molecule has 4 nitrogen and oxygen atoms in total. The van der Waals surface area contributed by atoms with Gasteiger partial charge in [-0.3, -0.25) is 0 Å². The smallest absolute Gasteiger partial charge is 0.247 e. The van der Waals surface area contributed by atoms with E-state index in [1.807, 2.05) is 24.3 Å². The molecule has 0 bridgehead atoms. The number of benzene rings is 2. The Bertz CT molecular complexity index is 899. The maximum atomic E-state index is 14.0. The van der Waals surface area contributed by atoms with Crippen molar-refractivity contribution in [2.45, 2.75) is 32.2 Å². The molecule has 1 heterocycles. The van der Waals surface area contributed by atoms with Gasteiger partial charge in [0.05, 0.1) is 7.11 Å². The number of rotatable bonds is 5. The predicted molar refractivity (Wildman–Crippen MR) is 94.6 cm³/mol. The normalized spacial score (nSPS) is 11.9. The summed E-state index contributed by atoms with van der Waals surface area (Å²) in [5, 5.41) is 3.22. The van der Waals surface area contributed by atoms with E-state index in [1.165, 1.54) is 13.2 Å². The van der Waals surface area contributed by atoms with Crippen LogP contribution in [0, 0.1) is 5.95 Å². The first-order valence-corrected chi connectivity index (χ1v) is 8.26. The largest absolute Gasteiger partial charge is 0.495 e. The van der Waals surface area contributed by atoms with Gasteiger partial charge in [0.2, 0.25) is 5.95 Å². The minimum atomic E-state index is -0.897. The highest BCUT2D eigenvalue weighted by Crippen LogP contribution is 2.38. The molecule has 2 aromatic carbocycles. The summed E-state index contributed by atoms with van der Waals surface area (Å²) in [5.41, 5.74) is 8.65. The molecule has 132 valence electrons. The third-order valence-electron chi connectivity index (χ3n) is 4.95. The molecule has 0 amide bonds. The fourth-order valence-corrected chi connectivity index (χ4v) is 3.19. The molecule has 6 heteroatoms. The Hall–Kier alpha value is -2.47. The molecular weight excluding hydrogens is 324 g/mol. The molecule has 0 unspecified atom stereocenters. The van der Waals surface area contributed by atoms with Gasteiger partial charge in [0, 0.05) is 11.1 Å². The van der Waals surface area contributed by atoms with Gasteiger partial charge < -0.3 is 10.5 Å². The van der Waals surface area contributed by atoms with Gasteiger partial charge in [-0.2, -0.15) is 4.39 Å². The summed E-state index contributed by atoms with van der Waals surface area (Å²) < 4.78 is 33.0. The van der Waals surface area contributed by atoms with E-state index in [2.05, 4.69) is 18.9 Å². The summed E-state index contributed by atoms with van der Waals surface area (Å²) in [6.07, 6.45) is 1.66. The van der Waals surface area contributed by atoms with E-state index in [0.717, 1.165) is 24.0 Å². The van der Waals surface area contributed by atoms with Gasteiger partial charge in [-0.1, -0.05) is 47.5 Å². The molecule has 3 aromatic rings. The van der Waals surface area contributed by atoms with Crippen molar-refractivity contribution < 1.29 is 13.6 Å². The molecule has 0 radical (unpaired) electrons. The van der Waals surface area contributed by atoms with Crippen LogP contribution in [-0.4, -0.2) is 17.1 Å². The average molecular weight is 345 g/mol. The van der Waals surface area contributed by atoms with Gasteiger partial charge in [0.1, 0.15) is 16.7 Å². The second-order valence-electron chi connectivity index (χ2n) is 6.13. The summed E-state index contributed by atoms with van der Waals surface area (Å²) in [6, 6.07) is 11.0. The van der Waals surface area contributed by atoms with Gasteiger partial charge >= 0.3 is 0 Å². The highest BCUT2D eigenvalue weighted by Gasteiger charge is 2.23. The summed E-state index contributed by atoms with van der Waals surface area (Å²) >= 11 is 0. The molecule has 0 saturated carbocycles. The molecule has 0 aliphatic heterocycles.